The fourth-order valence-corrected chi connectivity index (χ4v) is 9.95. The van der Waals surface area contributed by atoms with Crippen LogP contribution < -0.4 is 0 Å². The first-order valence-electron chi connectivity index (χ1n) is 15.2. The molecule has 2 spiro atoms. The highest BCUT2D eigenvalue weighted by atomic mass is 31.2. The van der Waals surface area contributed by atoms with Gasteiger partial charge < -0.3 is 23.7 Å². The van der Waals surface area contributed by atoms with Crippen LogP contribution in [-0.4, -0.2) is 73.8 Å². The van der Waals surface area contributed by atoms with E-state index in [9.17, 15) is 9.36 Å². The molecule has 0 aromatic rings. The van der Waals surface area contributed by atoms with E-state index in [1.807, 2.05) is 13.8 Å². The maximum absolute atomic E-state index is 13.4. The lowest BCUT2D eigenvalue weighted by Gasteiger charge is -2.54. The zero-order chi connectivity index (χ0) is 28.1. The molecule has 40 heavy (non-hydrogen) atoms. The van der Waals surface area contributed by atoms with E-state index >= 15 is 0 Å². The first-order chi connectivity index (χ1) is 19.1. The minimum Gasteiger partial charge on any atom is -0.458 e. The number of hydrogen-bond acceptors (Lipinski definition) is 10. The Balaban J connectivity index is 1.16. The van der Waals surface area contributed by atoms with Gasteiger partial charge in [0.05, 0.1) is 19.3 Å². The van der Waals surface area contributed by atoms with Gasteiger partial charge in [0.15, 0.2) is 12.4 Å². The van der Waals surface area contributed by atoms with Crippen LogP contribution in [0.3, 0.4) is 0 Å². The summed E-state index contributed by atoms with van der Waals surface area (Å²) in [6.45, 7) is 11.3. The van der Waals surface area contributed by atoms with Crippen molar-refractivity contribution in [1.29, 1.82) is 0 Å². The standard InChI is InChI=1S/C29H43O10P/c1-6-8-12-34-40(31,35-13-9-7-2)36-16-33-25-27(17(3)4)22(38-27)23-29(39-23)26(5)11-10-18-19(15-32-24(18)30)20(26)14-21-28(25,29)37-21/h17,20-23,25H,6-16H2,1-5H3/t20-,21?,22-,23-,25+,26-,27-,28+,29+/m0/s1. The van der Waals surface area contributed by atoms with E-state index < -0.39 is 30.7 Å². The summed E-state index contributed by atoms with van der Waals surface area (Å²) in [5.74, 6) is 0.119. The number of esters is 1. The number of cyclic esters (lactones) is 1. The Kier molecular flexibility index (Phi) is 6.52. The molecule has 10 nitrogen and oxygen atoms in total. The largest absolute Gasteiger partial charge is 0.476 e. The summed E-state index contributed by atoms with van der Waals surface area (Å²) in [6.07, 6.45) is 4.84. The van der Waals surface area contributed by atoms with Gasteiger partial charge in [0.1, 0.15) is 36.1 Å². The predicted molar refractivity (Wildman–Crippen MR) is 141 cm³/mol. The van der Waals surface area contributed by atoms with Crippen molar-refractivity contribution in [2.45, 2.75) is 121 Å². The van der Waals surface area contributed by atoms with Crippen LogP contribution >= 0.6 is 7.82 Å². The normalized spacial score (nSPS) is 45.6. The molecule has 0 amide bonds. The highest BCUT2D eigenvalue weighted by molar-refractivity contribution is 7.48. The molecule has 1 unspecified atom stereocenters. The summed E-state index contributed by atoms with van der Waals surface area (Å²) in [5.41, 5.74) is -0.131. The summed E-state index contributed by atoms with van der Waals surface area (Å²) >= 11 is 0. The van der Waals surface area contributed by atoms with E-state index in [0.29, 0.717) is 26.2 Å². The Bertz CT molecular complexity index is 1140. The molecule has 3 aliphatic carbocycles. The molecular weight excluding hydrogens is 539 g/mol. The molecule has 0 aromatic carbocycles. The summed E-state index contributed by atoms with van der Waals surface area (Å²) in [7, 11) is -3.79. The number of unbranched alkanes of at least 4 members (excludes halogenated alkanes) is 2. The molecule has 11 heteroatoms. The van der Waals surface area contributed by atoms with E-state index in [-0.39, 0.29) is 48.3 Å². The Morgan fingerprint density at radius 3 is 2.42 bits per heavy atom. The van der Waals surface area contributed by atoms with Crippen LogP contribution in [0.25, 0.3) is 0 Å². The number of carbonyl (C=O) groups excluding carboxylic acids is 1. The topological polar surface area (TPSA) is 118 Å². The van der Waals surface area contributed by atoms with Crippen molar-refractivity contribution in [2.24, 2.45) is 17.3 Å². The van der Waals surface area contributed by atoms with Crippen molar-refractivity contribution >= 4 is 13.8 Å². The first-order valence-corrected chi connectivity index (χ1v) is 16.7. The van der Waals surface area contributed by atoms with Crippen molar-refractivity contribution in [1.82, 2.24) is 0 Å². The van der Waals surface area contributed by atoms with Gasteiger partial charge in [-0.05, 0) is 49.5 Å². The van der Waals surface area contributed by atoms with Gasteiger partial charge in [-0.25, -0.2) is 9.36 Å². The van der Waals surface area contributed by atoms with Gasteiger partial charge in [-0.15, -0.1) is 0 Å². The van der Waals surface area contributed by atoms with Gasteiger partial charge >= 0.3 is 13.8 Å². The molecule has 224 valence electrons. The summed E-state index contributed by atoms with van der Waals surface area (Å²) in [6, 6.07) is 0. The minimum absolute atomic E-state index is 0.0884. The lowest BCUT2D eigenvalue weighted by Crippen LogP contribution is -2.69. The van der Waals surface area contributed by atoms with Gasteiger partial charge in [-0.1, -0.05) is 47.5 Å². The first kappa shape index (κ1) is 28.0. The molecule has 7 aliphatic rings. The zero-order valence-corrected chi connectivity index (χ0v) is 25.2. The second kappa shape index (κ2) is 9.33. The number of phosphoric ester groups is 1. The lowest BCUT2D eigenvalue weighted by atomic mass is 9.46. The molecule has 0 radical (unpaired) electrons. The predicted octanol–water partition coefficient (Wildman–Crippen LogP) is 4.84. The Hall–Kier alpha value is -0.840. The second-order valence-corrected chi connectivity index (χ2v) is 14.8. The maximum atomic E-state index is 13.4. The van der Waals surface area contributed by atoms with Crippen LogP contribution in [0, 0.1) is 17.3 Å². The number of epoxide rings is 3. The molecule has 3 saturated heterocycles. The molecule has 4 heterocycles. The number of phosphoric acid groups is 1. The lowest BCUT2D eigenvalue weighted by molar-refractivity contribution is -0.156. The van der Waals surface area contributed by atoms with Crippen molar-refractivity contribution in [3.05, 3.63) is 11.1 Å². The number of fused-ring (bicyclic) bond motifs is 4. The summed E-state index contributed by atoms with van der Waals surface area (Å²) in [5, 5.41) is 0. The smallest absolute Gasteiger partial charge is 0.458 e. The third-order valence-electron chi connectivity index (χ3n) is 11.0. The quantitative estimate of drug-likeness (QED) is 0.0981. The Morgan fingerprint density at radius 1 is 1.02 bits per heavy atom. The van der Waals surface area contributed by atoms with Crippen molar-refractivity contribution in [3.8, 4) is 0 Å². The summed E-state index contributed by atoms with van der Waals surface area (Å²) < 4.78 is 62.5. The van der Waals surface area contributed by atoms with E-state index in [0.717, 1.165) is 49.7 Å². The number of carbonyl (C=O) groups is 1. The highest BCUT2D eigenvalue weighted by Crippen LogP contribution is 2.83. The van der Waals surface area contributed by atoms with Gasteiger partial charge in [0, 0.05) is 11.0 Å². The number of rotatable bonds is 13. The average molecular weight is 583 g/mol. The Morgan fingerprint density at radius 2 is 1.75 bits per heavy atom. The minimum atomic E-state index is -3.79. The molecule has 2 saturated carbocycles. The molecular formula is C29H43O10P. The van der Waals surface area contributed by atoms with Crippen molar-refractivity contribution in [2.75, 3.05) is 26.6 Å². The van der Waals surface area contributed by atoms with Gasteiger partial charge in [0.2, 0.25) is 0 Å². The molecule has 7 rings (SSSR count). The zero-order valence-electron chi connectivity index (χ0n) is 24.3. The number of ether oxygens (including phenoxy) is 5. The van der Waals surface area contributed by atoms with E-state index in [1.54, 1.807) is 0 Å². The maximum Gasteiger partial charge on any atom is 0.476 e. The van der Waals surface area contributed by atoms with Crippen LogP contribution in [0.2, 0.25) is 0 Å². The molecule has 0 aromatic heterocycles. The molecule has 9 atom stereocenters. The van der Waals surface area contributed by atoms with Gasteiger partial charge in [0.25, 0.3) is 0 Å². The monoisotopic (exact) mass is 582 g/mol. The van der Waals surface area contributed by atoms with E-state index in [2.05, 4.69) is 20.8 Å². The van der Waals surface area contributed by atoms with Crippen LogP contribution in [0.5, 0.6) is 0 Å². The fraction of sp³-hybridized carbons (Fsp3) is 0.897. The fourth-order valence-electron chi connectivity index (χ4n) is 8.83. The van der Waals surface area contributed by atoms with E-state index in [4.69, 9.17) is 37.3 Å². The van der Waals surface area contributed by atoms with Gasteiger partial charge in [-0.2, -0.15) is 0 Å². The van der Waals surface area contributed by atoms with Crippen LogP contribution in [0.1, 0.15) is 79.6 Å². The second-order valence-electron chi connectivity index (χ2n) is 13.1. The SMILES string of the molecule is CCCCOP(=O)(OCCCC)OCO[C@@H]1[C@@]2(C(C)C)O[C@H]2[C@@H]2O[C@@]23[C@@]2(C)CCC4=C(COC4=O)[C@@H]2CC2O[C@]213. The van der Waals surface area contributed by atoms with Crippen LogP contribution in [0.15, 0.2) is 11.1 Å². The third kappa shape index (κ3) is 3.48. The van der Waals surface area contributed by atoms with Crippen molar-refractivity contribution < 1.29 is 46.6 Å². The highest BCUT2D eigenvalue weighted by Gasteiger charge is 3.00. The van der Waals surface area contributed by atoms with E-state index in [1.165, 1.54) is 0 Å². The van der Waals surface area contributed by atoms with Crippen molar-refractivity contribution in [3.63, 3.8) is 0 Å². The molecule has 4 aliphatic heterocycles. The summed E-state index contributed by atoms with van der Waals surface area (Å²) in [4.78, 5) is 12.4. The van der Waals surface area contributed by atoms with Gasteiger partial charge in [-0.3, -0.25) is 13.6 Å². The third-order valence-corrected chi connectivity index (χ3v) is 12.4. The van der Waals surface area contributed by atoms with Crippen LogP contribution in [0.4, 0.5) is 0 Å². The van der Waals surface area contributed by atoms with Crippen LogP contribution in [-0.2, 0) is 46.6 Å². The average Bonchev–Trinajstić information content (AvgIpc) is 3.83. The molecule has 0 bridgehead atoms. The number of hydrogen-bond donors (Lipinski definition) is 0. The molecule has 0 N–H and O–H groups in total. The molecule has 5 fully saturated rings. The Labute approximate surface area is 236 Å².